The maximum Gasteiger partial charge on any atom is 0.330 e. The Labute approximate surface area is 221 Å². The lowest BCUT2D eigenvalue weighted by Gasteiger charge is -2.29. The third kappa shape index (κ3) is 6.00. The quantitative estimate of drug-likeness (QED) is 0.183. The second kappa shape index (κ2) is 11.3. The van der Waals surface area contributed by atoms with Crippen LogP contribution in [0.5, 0.6) is 0 Å². The van der Waals surface area contributed by atoms with E-state index in [-0.39, 0.29) is 5.97 Å². The molecule has 0 aliphatic carbocycles. The summed E-state index contributed by atoms with van der Waals surface area (Å²) < 4.78 is 5.09. The summed E-state index contributed by atoms with van der Waals surface area (Å²) in [6.07, 6.45) is 1.87. The van der Waals surface area contributed by atoms with Crippen molar-refractivity contribution >= 4 is 23.0 Å². The fourth-order valence-electron chi connectivity index (χ4n) is 4.79. The zero-order chi connectivity index (χ0) is 26.5. The van der Waals surface area contributed by atoms with E-state index in [0.29, 0.717) is 13.0 Å². The number of benzene rings is 4. The van der Waals surface area contributed by atoms with Gasteiger partial charge in [0.2, 0.25) is 0 Å². The van der Waals surface area contributed by atoms with Crippen molar-refractivity contribution in [1.82, 2.24) is 0 Å². The van der Waals surface area contributed by atoms with Crippen molar-refractivity contribution in [1.29, 1.82) is 0 Å². The highest BCUT2D eigenvalue weighted by atomic mass is 16.5. The predicted octanol–water partition coefficient (Wildman–Crippen LogP) is 8.64. The lowest BCUT2D eigenvalue weighted by atomic mass is 10.00. The van der Waals surface area contributed by atoms with E-state index in [4.69, 9.17) is 4.74 Å². The summed E-state index contributed by atoms with van der Waals surface area (Å²) in [6.45, 7) is 14.6. The van der Waals surface area contributed by atoms with Gasteiger partial charge in [-0.05, 0) is 97.8 Å². The summed E-state index contributed by atoms with van der Waals surface area (Å²) in [5.74, 6) is -0.387. The van der Waals surface area contributed by atoms with Crippen LogP contribution in [0.15, 0.2) is 91.5 Å². The van der Waals surface area contributed by atoms with Crippen molar-refractivity contribution in [3.8, 4) is 11.1 Å². The molecule has 188 valence electrons. The molecule has 3 nitrogen and oxygen atoms in total. The van der Waals surface area contributed by atoms with Gasteiger partial charge >= 0.3 is 5.97 Å². The number of carbonyl (C=O) groups is 1. The van der Waals surface area contributed by atoms with Crippen LogP contribution >= 0.6 is 0 Å². The van der Waals surface area contributed by atoms with Crippen LogP contribution in [0.2, 0.25) is 0 Å². The van der Waals surface area contributed by atoms with E-state index in [1.807, 2.05) is 0 Å². The molecule has 0 radical (unpaired) electrons. The average Bonchev–Trinajstić information content (AvgIpc) is 2.88. The Bertz CT molecular complexity index is 1390. The predicted molar refractivity (Wildman–Crippen MR) is 155 cm³/mol. The van der Waals surface area contributed by atoms with Crippen molar-refractivity contribution in [3.05, 3.63) is 125 Å². The van der Waals surface area contributed by atoms with Gasteiger partial charge in [-0.25, -0.2) is 4.79 Å². The standard InChI is InChI=1S/C34H35NO2/c1-7-33(36)37-19-18-28-9-11-29(12-10-28)30-13-16-31(17-14-30)35(32-15-8-24(3)25(4)22-32)34-26(5)20-23(2)21-27(34)6/h7-17,20-22H,1,18-19H2,2-6H3. The number of ether oxygens (including phenoxy) is 1. The van der Waals surface area contributed by atoms with Crippen LogP contribution in [-0.4, -0.2) is 12.6 Å². The molecule has 0 N–H and O–H groups in total. The van der Waals surface area contributed by atoms with E-state index < -0.39 is 0 Å². The van der Waals surface area contributed by atoms with Gasteiger partial charge in [-0.1, -0.05) is 66.7 Å². The average molecular weight is 490 g/mol. The molecule has 4 rings (SSSR count). The highest BCUT2D eigenvalue weighted by Gasteiger charge is 2.18. The van der Waals surface area contributed by atoms with Gasteiger partial charge in [-0.3, -0.25) is 0 Å². The molecule has 0 bridgehead atoms. The molecule has 0 aliphatic rings. The van der Waals surface area contributed by atoms with E-state index in [1.165, 1.54) is 39.6 Å². The maximum absolute atomic E-state index is 11.2. The molecule has 0 aromatic heterocycles. The van der Waals surface area contributed by atoms with Crippen LogP contribution in [0.25, 0.3) is 11.1 Å². The number of hydrogen-bond acceptors (Lipinski definition) is 3. The smallest absolute Gasteiger partial charge is 0.330 e. The first-order valence-corrected chi connectivity index (χ1v) is 12.7. The zero-order valence-corrected chi connectivity index (χ0v) is 22.5. The highest BCUT2D eigenvalue weighted by molar-refractivity contribution is 5.82. The molecule has 0 atom stereocenters. The summed E-state index contributed by atoms with van der Waals surface area (Å²) in [5, 5.41) is 0. The van der Waals surface area contributed by atoms with E-state index in [0.717, 1.165) is 28.1 Å². The number of esters is 1. The number of nitrogens with zero attached hydrogens (tertiary/aromatic N) is 1. The van der Waals surface area contributed by atoms with Crippen molar-refractivity contribution < 1.29 is 9.53 Å². The summed E-state index contributed by atoms with van der Waals surface area (Å²) in [5.41, 5.74) is 13.3. The third-order valence-electron chi connectivity index (χ3n) is 6.82. The minimum atomic E-state index is -0.387. The number of anilines is 3. The Morgan fingerprint density at radius 3 is 1.86 bits per heavy atom. The largest absolute Gasteiger partial charge is 0.462 e. The van der Waals surface area contributed by atoms with Gasteiger partial charge in [0.05, 0.1) is 12.3 Å². The Morgan fingerprint density at radius 1 is 0.730 bits per heavy atom. The van der Waals surface area contributed by atoms with Gasteiger partial charge in [-0.2, -0.15) is 0 Å². The van der Waals surface area contributed by atoms with E-state index in [9.17, 15) is 4.79 Å². The fourth-order valence-corrected chi connectivity index (χ4v) is 4.79. The van der Waals surface area contributed by atoms with Gasteiger partial charge in [0.1, 0.15) is 0 Å². The summed E-state index contributed by atoms with van der Waals surface area (Å²) in [4.78, 5) is 13.6. The number of rotatable bonds is 8. The molecule has 0 amide bonds. The molecular formula is C34H35NO2. The first-order valence-electron chi connectivity index (χ1n) is 12.7. The molecule has 0 fully saturated rings. The second-order valence-electron chi connectivity index (χ2n) is 9.72. The SMILES string of the molecule is C=CC(=O)OCCc1ccc(-c2ccc(N(c3ccc(C)c(C)c3)c3c(C)cc(C)cc3C)cc2)cc1. The van der Waals surface area contributed by atoms with Gasteiger partial charge in [0.15, 0.2) is 0 Å². The van der Waals surface area contributed by atoms with Crippen LogP contribution in [0.1, 0.15) is 33.4 Å². The van der Waals surface area contributed by atoms with Gasteiger partial charge in [0.25, 0.3) is 0 Å². The number of hydrogen-bond donors (Lipinski definition) is 0. The molecular weight excluding hydrogens is 454 g/mol. The number of carbonyl (C=O) groups excluding carboxylic acids is 1. The third-order valence-corrected chi connectivity index (χ3v) is 6.82. The van der Waals surface area contributed by atoms with Crippen LogP contribution in [0, 0.1) is 34.6 Å². The van der Waals surface area contributed by atoms with Crippen molar-refractivity contribution in [2.75, 3.05) is 11.5 Å². The van der Waals surface area contributed by atoms with Crippen LogP contribution < -0.4 is 4.90 Å². The summed E-state index contributed by atoms with van der Waals surface area (Å²) in [7, 11) is 0. The number of aryl methyl sites for hydroxylation is 5. The first-order chi connectivity index (χ1) is 17.8. The highest BCUT2D eigenvalue weighted by Crippen LogP contribution is 2.40. The first kappa shape index (κ1) is 26.0. The van der Waals surface area contributed by atoms with Crippen molar-refractivity contribution in [3.63, 3.8) is 0 Å². The topological polar surface area (TPSA) is 29.5 Å². The van der Waals surface area contributed by atoms with Gasteiger partial charge in [0, 0.05) is 23.9 Å². The molecule has 0 aliphatic heterocycles. The van der Waals surface area contributed by atoms with Crippen LogP contribution in [0.4, 0.5) is 17.1 Å². The van der Waals surface area contributed by atoms with Gasteiger partial charge in [-0.15, -0.1) is 0 Å². The molecule has 0 heterocycles. The molecule has 4 aromatic rings. The lowest BCUT2D eigenvalue weighted by molar-refractivity contribution is -0.137. The van der Waals surface area contributed by atoms with E-state index in [1.54, 1.807) is 0 Å². The minimum Gasteiger partial charge on any atom is -0.462 e. The lowest BCUT2D eigenvalue weighted by Crippen LogP contribution is -2.13. The Morgan fingerprint density at radius 2 is 1.30 bits per heavy atom. The summed E-state index contributed by atoms with van der Waals surface area (Å²) in [6, 6.07) is 28.4. The molecule has 3 heteroatoms. The van der Waals surface area contributed by atoms with Gasteiger partial charge < -0.3 is 9.64 Å². The summed E-state index contributed by atoms with van der Waals surface area (Å²) >= 11 is 0. The molecule has 4 aromatic carbocycles. The minimum absolute atomic E-state index is 0.352. The normalized spacial score (nSPS) is 10.7. The van der Waals surface area contributed by atoms with Crippen LogP contribution in [0.3, 0.4) is 0 Å². The van der Waals surface area contributed by atoms with Crippen molar-refractivity contribution in [2.24, 2.45) is 0 Å². The molecule has 0 saturated carbocycles. The second-order valence-corrected chi connectivity index (χ2v) is 9.72. The maximum atomic E-state index is 11.2. The Hall–Kier alpha value is -4.11. The Kier molecular flexibility index (Phi) is 7.93. The van der Waals surface area contributed by atoms with E-state index >= 15 is 0 Å². The molecule has 0 unspecified atom stereocenters. The zero-order valence-electron chi connectivity index (χ0n) is 22.5. The molecule has 0 saturated heterocycles. The monoisotopic (exact) mass is 489 g/mol. The van der Waals surface area contributed by atoms with Crippen LogP contribution in [-0.2, 0) is 16.0 Å². The Balaban J connectivity index is 1.64. The van der Waals surface area contributed by atoms with Crippen molar-refractivity contribution in [2.45, 2.75) is 41.0 Å². The van der Waals surface area contributed by atoms with E-state index in [2.05, 4.69) is 125 Å². The molecule has 37 heavy (non-hydrogen) atoms. The molecule has 0 spiro atoms. The fraction of sp³-hybridized carbons (Fsp3) is 0.206.